The molecule has 0 aliphatic carbocycles. The molecule has 0 atom stereocenters. The molecule has 0 saturated carbocycles. The second-order valence-corrected chi connectivity index (χ2v) is 4.95. The van der Waals surface area contributed by atoms with Crippen LogP contribution in [0.4, 0.5) is 0 Å². The molecule has 0 heterocycles. The van der Waals surface area contributed by atoms with Gasteiger partial charge >= 0.3 is 0 Å². The van der Waals surface area contributed by atoms with Crippen molar-refractivity contribution in [2.75, 3.05) is 26.3 Å². The Morgan fingerprint density at radius 1 is 1.22 bits per heavy atom. The van der Waals surface area contributed by atoms with Crippen LogP contribution in [-0.4, -0.2) is 42.4 Å². The lowest BCUT2D eigenvalue weighted by molar-refractivity contribution is 0.160. The van der Waals surface area contributed by atoms with Crippen LogP contribution in [0.5, 0.6) is 5.75 Å². The maximum Gasteiger partial charge on any atom is 0.119 e. The van der Waals surface area contributed by atoms with E-state index in [1.165, 1.54) is 0 Å². The molecule has 1 aromatic rings. The van der Waals surface area contributed by atoms with Crippen LogP contribution in [0.2, 0.25) is 5.02 Å². The zero-order valence-corrected chi connectivity index (χ0v) is 11.9. The van der Waals surface area contributed by atoms with Crippen LogP contribution in [-0.2, 0) is 0 Å². The number of hydrogen-bond acceptors (Lipinski definition) is 3. The van der Waals surface area contributed by atoms with Gasteiger partial charge in [-0.2, -0.15) is 0 Å². The van der Waals surface area contributed by atoms with Gasteiger partial charge < -0.3 is 9.84 Å². The summed E-state index contributed by atoms with van der Waals surface area (Å²) < 4.78 is 5.66. The molecule has 0 bridgehead atoms. The fourth-order valence-corrected chi connectivity index (χ4v) is 1.84. The summed E-state index contributed by atoms with van der Waals surface area (Å²) in [6, 6.07) is 7.85. The van der Waals surface area contributed by atoms with E-state index in [1.807, 2.05) is 24.3 Å². The number of hydrogen-bond donors (Lipinski definition) is 1. The smallest absolute Gasteiger partial charge is 0.119 e. The molecule has 0 aromatic heterocycles. The second-order valence-electron chi connectivity index (χ2n) is 4.51. The minimum atomic E-state index is 0.237. The Balaban J connectivity index is 2.31. The van der Waals surface area contributed by atoms with Gasteiger partial charge in [0.25, 0.3) is 0 Å². The third-order valence-electron chi connectivity index (χ3n) is 2.79. The molecule has 102 valence electrons. The van der Waals surface area contributed by atoms with Gasteiger partial charge in [-0.05, 0) is 44.5 Å². The highest BCUT2D eigenvalue weighted by atomic mass is 35.5. The zero-order valence-electron chi connectivity index (χ0n) is 11.1. The Kier molecular flexibility index (Phi) is 7.09. The fourth-order valence-electron chi connectivity index (χ4n) is 1.71. The molecular weight excluding hydrogens is 250 g/mol. The van der Waals surface area contributed by atoms with Gasteiger partial charge in [0.15, 0.2) is 0 Å². The third kappa shape index (κ3) is 5.71. The molecule has 1 N–H and O–H groups in total. The highest BCUT2D eigenvalue weighted by molar-refractivity contribution is 6.30. The largest absolute Gasteiger partial charge is 0.492 e. The van der Waals surface area contributed by atoms with Crippen molar-refractivity contribution >= 4 is 11.6 Å². The van der Waals surface area contributed by atoms with Crippen LogP contribution in [0, 0.1) is 0 Å². The van der Waals surface area contributed by atoms with Crippen LogP contribution < -0.4 is 4.74 Å². The lowest BCUT2D eigenvalue weighted by Crippen LogP contribution is -2.35. The summed E-state index contributed by atoms with van der Waals surface area (Å²) in [7, 11) is 0. The van der Waals surface area contributed by atoms with E-state index < -0.39 is 0 Å². The molecule has 0 radical (unpaired) electrons. The Morgan fingerprint density at radius 3 is 2.44 bits per heavy atom. The van der Waals surface area contributed by atoms with E-state index in [0.717, 1.165) is 25.3 Å². The van der Waals surface area contributed by atoms with Crippen molar-refractivity contribution in [3.8, 4) is 5.75 Å². The maximum atomic E-state index is 8.86. The van der Waals surface area contributed by atoms with Crippen molar-refractivity contribution < 1.29 is 9.84 Å². The minimum Gasteiger partial charge on any atom is -0.492 e. The quantitative estimate of drug-likeness (QED) is 0.789. The average Bonchev–Trinajstić information content (AvgIpc) is 2.35. The minimum absolute atomic E-state index is 0.237. The summed E-state index contributed by atoms with van der Waals surface area (Å²) in [6.45, 7) is 6.95. The van der Waals surface area contributed by atoms with Crippen molar-refractivity contribution in [1.29, 1.82) is 0 Å². The topological polar surface area (TPSA) is 32.7 Å². The van der Waals surface area contributed by atoms with Crippen molar-refractivity contribution in [3.05, 3.63) is 29.3 Å². The second kappa shape index (κ2) is 8.35. The molecule has 1 aromatic carbocycles. The first kappa shape index (κ1) is 15.3. The third-order valence-corrected chi connectivity index (χ3v) is 3.05. The van der Waals surface area contributed by atoms with E-state index in [9.17, 15) is 0 Å². The van der Waals surface area contributed by atoms with Crippen LogP contribution in [0.15, 0.2) is 24.3 Å². The summed E-state index contributed by atoms with van der Waals surface area (Å²) in [5, 5.41) is 9.57. The molecule has 0 spiro atoms. The van der Waals surface area contributed by atoms with Gasteiger partial charge in [-0.1, -0.05) is 11.6 Å². The molecule has 0 unspecified atom stereocenters. The van der Waals surface area contributed by atoms with Crippen LogP contribution in [0.3, 0.4) is 0 Å². The normalized spacial score (nSPS) is 11.2. The lowest BCUT2D eigenvalue weighted by Gasteiger charge is -2.26. The van der Waals surface area contributed by atoms with Gasteiger partial charge in [0.1, 0.15) is 12.4 Å². The first-order chi connectivity index (χ1) is 8.63. The van der Waals surface area contributed by atoms with Crippen molar-refractivity contribution in [2.45, 2.75) is 26.3 Å². The molecule has 0 aliphatic heterocycles. The molecular formula is C14H22ClNO2. The first-order valence-corrected chi connectivity index (χ1v) is 6.74. The summed E-state index contributed by atoms with van der Waals surface area (Å²) in [5.41, 5.74) is 0. The number of nitrogens with zero attached hydrogens (tertiary/aromatic N) is 1. The van der Waals surface area contributed by atoms with Crippen molar-refractivity contribution in [3.63, 3.8) is 0 Å². The Hall–Kier alpha value is -0.770. The summed E-state index contributed by atoms with van der Waals surface area (Å²) in [6.07, 6.45) is 0.805. The van der Waals surface area contributed by atoms with E-state index >= 15 is 0 Å². The fraction of sp³-hybridized carbons (Fsp3) is 0.571. The average molecular weight is 272 g/mol. The lowest BCUT2D eigenvalue weighted by atomic mass is 10.3. The number of aliphatic hydroxyl groups excluding tert-OH is 1. The van der Waals surface area contributed by atoms with Crippen molar-refractivity contribution in [1.82, 2.24) is 4.90 Å². The summed E-state index contributed by atoms with van der Waals surface area (Å²) in [5.74, 6) is 0.838. The van der Waals surface area contributed by atoms with Gasteiger partial charge in [0, 0.05) is 30.8 Å². The van der Waals surface area contributed by atoms with Gasteiger partial charge in [-0.15, -0.1) is 0 Å². The molecule has 0 amide bonds. The van der Waals surface area contributed by atoms with Gasteiger partial charge in [0.2, 0.25) is 0 Å². The number of aliphatic hydroxyl groups is 1. The number of benzene rings is 1. The first-order valence-electron chi connectivity index (χ1n) is 6.36. The molecule has 0 fully saturated rings. The van der Waals surface area contributed by atoms with E-state index in [4.69, 9.17) is 21.4 Å². The van der Waals surface area contributed by atoms with E-state index in [-0.39, 0.29) is 6.61 Å². The van der Waals surface area contributed by atoms with Gasteiger partial charge in [0.05, 0.1) is 0 Å². The van der Waals surface area contributed by atoms with Crippen molar-refractivity contribution in [2.24, 2.45) is 0 Å². The molecule has 0 saturated heterocycles. The van der Waals surface area contributed by atoms with Crippen LogP contribution >= 0.6 is 11.6 Å². The standard InChI is InChI=1S/C14H22ClNO2/c1-12(2)16(8-3-10-17)9-11-18-14-6-4-13(15)5-7-14/h4-7,12,17H,3,8-11H2,1-2H3. The van der Waals surface area contributed by atoms with E-state index in [2.05, 4.69) is 18.7 Å². The molecule has 18 heavy (non-hydrogen) atoms. The highest BCUT2D eigenvalue weighted by Crippen LogP contribution is 2.15. The Labute approximate surface area is 114 Å². The SMILES string of the molecule is CC(C)N(CCCO)CCOc1ccc(Cl)cc1. The molecule has 4 heteroatoms. The molecule has 1 rings (SSSR count). The molecule has 0 aliphatic rings. The highest BCUT2D eigenvalue weighted by Gasteiger charge is 2.08. The Bertz CT molecular complexity index is 327. The van der Waals surface area contributed by atoms with E-state index in [0.29, 0.717) is 17.7 Å². The number of rotatable bonds is 8. The monoisotopic (exact) mass is 271 g/mol. The summed E-state index contributed by atoms with van der Waals surface area (Å²) in [4.78, 5) is 2.30. The maximum absolute atomic E-state index is 8.86. The molecule has 3 nitrogen and oxygen atoms in total. The Morgan fingerprint density at radius 2 is 1.89 bits per heavy atom. The number of ether oxygens (including phenoxy) is 1. The van der Waals surface area contributed by atoms with E-state index in [1.54, 1.807) is 0 Å². The predicted molar refractivity (Wildman–Crippen MR) is 75.4 cm³/mol. The zero-order chi connectivity index (χ0) is 13.4. The summed E-state index contributed by atoms with van der Waals surface area (Å²) >= 11 is 5.81. The predicted octanol–water partition coefficient (Wildman–Crippen LogP) is 2.81. The number of halogens is 1. The van der Waals surface area contributed by atoms with Gasteiger partial charge in [-0.3, -0.25) is 4.90 Å². The van der Waals surface area contributed by atoms with Gasteiger partial charge in [-0.25, -0.2) is 0 Å². The van der Waals surface area contributed by atoms with Crippen LogP contribution in [0.1, 0.15) is 20.3 Å². The van der Waals surface area contributed by atoms with Crippen LogP contribution in [0.25, 0.3) is 0 Å².